The molecule has 0 bridgehead atoms. The third-order valence-electron chi connectivity index (χ3n) is 4.08. The van der Waals surface area contributed by atoms with Crippen molar-refractivity contribution >= 4 is 10.9 Å². The first-order valence-corrected chi connectivity index (χ1v) is 7.05. The minimum Gasteiger partial charge on any atom is -0.314 e. The molecule has 2 aromatic rings. The van der Waals surface area contributed by atoms with Crippen LogP contribution in [0.25, 0.3) is 10.9 Å². The van der Waals surface area contributed by atoms with Gasteiger partial charge in [0.15, 0.2) is 0 Å². The average Bonchev–Trinajstić information content (AvgIpc) is 2.41. The lowest BCUT2D eigenvalue weighted by atomic mass is 9.98. The van der Waals surface area contributed by atoms with E-state index in [2.05, 4.69) is 29.0 Å². The number of nitrogens with one attached hydrogen (secondary N) is 1. The summed E-state index contributed by atoms with van der Waals surface area (Å²) >= 11 is 0. The summed E-state index contributed by atoms with van der Waals surface area (Å²) in [5.74, 6) is -0.187. The molecule has 2 heterocycles. The van der Waals surface area contributed by atoms with Gasteiger partial charge < -0.3 is 5.32 Å². The van der Waals surface area contributed by atoms with Crippen LogP contribution in [0.3, 0.4) is 0 Å². The average molecular weight is 273 g/mol. The van der Waals surface area contributed by atoms with Gasteiger partial charge in [-0.3, -0.25) is 9.88 Å². The minimum absolute atomic E-state index is 0.0751. The Hall–Kier alpha value is -1.52. The Morgan fingerprint density at radius 2 is 2.25 bits per heavy atom. The molecule has 1 aromatic heterocycles. The lowest BCUT2D eigenvalue weighted by molar-refractivity contribution is 0.0830. The van der Waals surface area contributed by atoms with Crippen molar-refractivity contribution < 1.29 is 4.39 Å². The maximum absolute atomic E-state index is 13.8. The van der Waals surface area contributed by atoms with Crippen LogP contribution >= 0.6 is 0 Å². The molecule has 1 fully saturated rings. The molecule has 0 aliphatic carbocycles. The second-order valence-corrected chi connectivity index (χ2v) is 6.05. The highest BCUT2D eigenvalue weighted by atomic mass is 19.1. The zero-order chi connectivity index (χ0) is 14.2. The Kier molecular flexibility index (Phi) is 3.44. The SMILES string of the molecule is CC1(C)CNCCN1Cc1cc(F)cc2cccnc12. The maximum atomic E-state index is 13.8. The largest absolute Gasteiger partial charge is 0.314 e. The summed E-state index contributed by atoms with van der Waals surface area (Å²) in [4.78, 5) is 6.82. The van der Waals surface area contributed by atoms with Gasteiger partial charge in [-0.15, -0.1) is 0 Å². The summed E-state index contributed by atoms with van der Waals surface area (Å²) in [6, 6.07) is 6.93. The fourth-order valence-corrected chi connectivity index (χ4v) is 2.87. The molecule has 3 rings (SSSR count). The van der Waals surface area contributed by atoms with Crippen LogP contribution in [-0.4, -0.2) is 35.1 Å². The minimum atomic E-state index is -0.187. The molecule has 1 saturated heterocycles. The normalized spacial score (nSPS) is 19.4. The van der Waals surface area contributed by atoms with Crippen LogP contribution in [0.5, 0.6) is 0 Å². The molecule has 1 aromatic carbocycles. The van der Waals surface area contributed by atoms with Crippen molar-refractivity contribution in [3.8, 4) is 0 Å². The molecule has 1 aliphatic heterocycles. The van der Waals surface area contributed by atoms with Gasteiger partial charge in [0.2, 0.25) is 0 Å². The van der Waals surface area contributed by atoms with Crippen molar-refractivity contribution in [3.05, 3.63) is 41.8 Å². The molecular weight excluding hydrogens is 253 g/mol. The van der Waals surface area contributed by atoms with Crippen molar-refractivity contribution in [2.24, 2.45) is 0 Å². The van der Waals surface area contributed by atoms with Crippen molar-refractivity contribution in [1.29, 1.82) is 0 Å². The summed E-state index contributed by atoms with van der Waals surface area (Å²) in [6.07, 6.45) is 1.77. The summed E-state index contributed by atoms with van der Waals surface area (Å²) in [7, 11) is 0. The van der Waals surface area contributed by atoms with Crippen molar-refractivity contribution in [2.75, 3.05) is 19.6 Å². The summed E-state index contributed by atoms with van der Waals surface area (Å²) < 4.78 is 13.8. The Bertz CT molecular complexity index is 624. The Labute approximate surface area is 118 Å². The fraction of sp³-hybridized carbons (Fsp3) is 0.438. The van der Waals surface area contributed by atoms with Gasteiger partial charge >= 0.3 is 0 Å². The van der Waals surface area contributed by atoms with Gasteiger partial charge in [0, 0.05) is 43.3 Å². The molecule has 1 N–H and O–H groups in total. The van der Waals surface area contributed by atoms with E-state index in [-0.39, 0.29) is 11.4 Å². The van der Waals surface area contributed by atoms with E-state index in [9.17, 15) is 4.39 Å². The number of rotatable bonds is 2. The van der Waals surface area contributed by atoms with Gasteiger partial charge in [0.1, 0.15) is 5.82 Å². The van der Waals surface area contributed by atoms with Crippen LogP contribution in [0.4, 0.5) is 4.39 Å². The van der Waals surface area contributed by atoms with Gasteiger partial charge in [-0.2, -0.15) is 0 Å². The number of nitrogens with zero attached hydrogens (tertiary/aromatic N) is 2. The van der Waals surface area contributed by atoms with Crippen molar-refractivity contribution in [2.45, 2.75) is 25.9 Å². The predicted molar refractivity (Wildman–Crippen MR) is 79.1 cm³/mol. The third-order valence-corrected chi connectivity index (χ3v) is 4.08. The van der Waals surface area contributed by atoms with Crippen LogP contribution in [0.1, 0.15) is 19.4 Å². The van der Waals surface area contributed by atoms with E-state index in [0.29, 0.717) is 0 Å². The summed E-state index contributed by atoms with van der Waals surface area (Å²) in [6.45, 7) is 8.07. The van der Waals surface area contributed by atoms with Crippen LogP contribution in [-0.2, 0) is 6.54 Å². The molecule has 20 heavy (non-hydrogen) atoms. The van der Waals surface area contributed by atoms with E-state index in [1.165, 1.54) is 0 Å². The smallest absolute Gasteiger partial charge is 0.124 e. The highest BCUT2D eigenvalue weighted by Gasteiger charge is 2.29. The van der Waals surface area contributed by atoms with Crippen LogP contribution in [0.2, 0.25) is 0 Å². The van der Waals surface area contributed by atoms with E-state index in [1.807, 2.05) is 12.1 Å². The number of benzene rings is 1. The van der Waals surface area contributed by atoms with Gasteiger partial charge in [-0.1, -0.05) is 6.07 Å². The van der Waals surface area contributed by atoms with E-state index < -0.39 is 0 Å². The molecule has 106 valence electrons. The number of pyridine rings is 1. The fourth-order valence-electron chi connectivity index (χ4n) is 2.87. The van der Waals surface area contributed by atoms with Crippen LogP contribution < -0.4 is 5.32 Å². The Morgan fingerprint density at radius 1 is 1.40 bits per heavy atom. The molecule has 4 heteroatoms. The number of halogens is 1. The first kappa shape index (κ1) is 13.5. The van der Waals surface area contributed by atoms with Gasteiger partial charge in [0.25, 0.3) is 0 Å². The van der Waals surface area contributed by atoms with Crippen molar-refractivity contribution in [1.82, 2.24) is 15.2 Å². The first-order valence-electron chi connectivity index (χ1n) is 7.05. The molecule has 0 spiro atoms. The highest BCUT2D eigenvalue weighted by molar-refractivity contribution is 5.81. The zero-order valence-corrected chi connectivity index (χ0v) is 12.0. The molecule has 0 radical (unpaired) electrons. The van der Waals surface area contributed by atoms with E-state index in [4.69, 9.17) is 0 Å². The van der Waals surface area contributed by atoms with E-state index in [1.54, 1.807) is 18.3 Å². The lowest BCUT2D eigenvalue weighted by Gasteiger charge is -2.43. The van der Waals surface area contributed by atoms with E-state index in [0.717, 1.165) is 42.6 Å². The van der Waals surface area contributed by atoms with Crippen LogP contribution in [0.15, 0.2) is 30.5 Å². The van der Waals surface area contributed by atoms with E-state index >= 15 is 0 Å². The second-order valence-electron chi connectivity index (χ2n) is 6.05. The first-order chi connectivity index (χ1) is 9.56. The molecule has 1 aliphatic rings. The van der Waals surface area contributed by atoms with Gasteiger partial charge in [0.05, 0.1) is 5.52 Å². The number of piperazine rings is 1. The summed E-state index contributed by atoms with van der Waals surface area (Å²) in [5.41, 5.74) is 1.95. The van der Waals surface area contributed by atoms with Crippen molar-refractivity contribution in [3.63, 3.8) is 0 Å². The monoisotopic (exact) mass is 273 g/mol. The molecular formula is C16H20FN3. The standard InChI is InChI=1S/C16H20FN3/c1-16(2)11-18-6-7-20(16)10-13-9-14(17)8-12-4-3-5-19-15(12)13/h3-5,8-9,18H,6-7,10-11H2,1-2H3. The topological polar surface area (TPSA) is 28.2 Å². The highest BCUT2D eigenvalue weighted by Crippen LogP contribution is 2.24. The quantitative estimate of drug-likeness (QED) is 0.911. The Morgan fingerprint density at radius 3 is 3.05 bits per heavy atom. The molecule has 0 atom stereocenters. The van der Waals surface area contributed by atoms with Crippen LogP contribution in [0, 0.1) is 5.82 Å². The number of aromatic nitrogens is 1. The molecule has 0 unspecified atom stereocenters. The summed E-state index contributed by atoms with van der Waals surface area (Å²) in [5, 5.41) is 4.28. The Balaban J connectivity index is 1.98. The zero-order valence-electron chi connectivity index (χ0n) is 12.0. The molecule has 0 amide bonds. The lowest BCUT2D eigenvalue weighted by Crippen LogP contribution is -2.57. The number of hydrogen-bond acceptors (Lipinski definition) is 3. The van der Waals surface area contributed by atoms with Gasteiger partial charge in [-0.05, 0) is 37.6 Å². The maximum Gasteiger partial charge on any atom is 0.124 e. The third kappa shape index (κ3) is 2.53. The number of hydrogen-bond donors (Lipinski definition) is 1. The molecule has 3 nitrogen and oxygen atoms in total. The molecule has 0 saturated carbocycles. The predicted octanol–water partition coefficient (Wildman–Crippen LogP) is 2.56. The number of fused-ring (bicyclic) bond motifs is 1. The van der Waals surface area contributed by atoms with Gasteiger partial charge in [-0.25, -0.2) is 4.39 Å². The second kappa shape index (κ2) is 5.11.